The third kappa shape index (κ3) is 3.98. The smallest absolute Gasteiger partial charge is 0.241 e. The topological polar surface area (TPSA) is 85.8 Å². The third-order valence-corrected chi connectivity index (χ3v) is 2.45. The van der Waals surface area contributed by atoms with Gasteiger partial charge in [-0.05, 0) is 5.92 Å². The first-order chi connectivity index (χ1) is 7.65. The molecule has 6 heteroatoms. The first kappa shape index (κ1) is 12.6. The molecule has 16 heavy (non-hydrogen) atoms. The van der Waals surface area contributed by atoms with E-state index in [0.717, 1.165) is 6.42 Å². The molecule has 0 bridgehead atoms. The number of carbonyl (C=O) groups excluding carboxylic acids is 1. The van der Waals surface area contributed by atoms with Crippen LogP contribution in [-0.4, -0.2) is 27.4 Å². The lowest BCUT2D eigenvalue weighted by Crippen LogP contribution is -2.31. The monoisotopic (exact) mass is 225 g/mol. The van der Waals surface area contributed by atoms with Crippen LogP contribution in [0, 0.1) is 5.92 Å². The maximum Gasteiger partial charge on any atom is 0.241 e. The van der Waals surface area contributed by atoms with Gasteiger partial charge in [0.05, 0.1) is 11.9 Å². The summed E-state index contributed by atoms with van der Waals surface area (Å²) in [4.78, 5) is 11.5. The lowest BCUT2D eigenvalue weighted by atomic mass is 10.1. The molecule has 1 atom stereocenters. The Morgan fingerprint density at radius 1 is 1.69 bits per heavy atom. The Hall–Kier alpha value is -1.43. The highest BCUT2D eigenvalue weighted by molar-refractivity contribution is 5.75. The van der Waals surface area contributed by atoms with E-state index >= 15 is 0 Å². The predicted octanol–water partition coefficient (Wildman–Crippen LogP) is -0.101. The van der Waals surface area contributed by atoms with Gasteiger partial charge in [0.2, 0.25) is 5.91 Å². The fourth-order valence-electron chi connectivity index (χ4n) is 1.14. The summed E-state index contributed by atoms with van der Waals surface area (Å²) < 4.78 is 1.49. The van der Waals surface area contributed by atoms with Crippen LogP contribution in [0.2, 0.25) is 0 Å². The van der Waals surface area contributed by atoms with E-state index in [1.165, 1.54) is 4.68 Å². The normalized spacial score (nSPS) is 12.4. The van der Waals surface area contributed by atoms with Crippen LogP contribution in [0.4, 0.5) is 0 Å². The van der Waals surface area contributed by atoms with E-state index in [9.17, 15) is 4.79 Å². The highest BCUT2D eigenvalue weighted by Gasteiger charge is 2.06. The molecule has 0 fully saturated rings. The first-order valence-corrected chi connectivity index (χ1v) is 5.51. The van der Waals surface area contributed by atoms with Gasteiger partial charge in [-0.2, -0.15) is 0 Å². The molecule has 1 aromatic heterocycles. The second-order valence-corrected chi connectivity index (χ2v) is 3.93. The molecule has 0 spiro atoms. The van der Waals surface area contributed by atoms with Gasteiger partial charge in [0.1, 0.15) is 6.54 Å². The summed E-state index contributed by atoms with van der Waals surface area (Å²) in [6, 6.07) is 0. The second-order valence-electron chi connectivity index (χ2n) is 3.93. The zero-order valence-electron chi connectivity index (χ0n) is 9.81. The minimum absolute atomic E-state index is 0.0474. The van der Waals surface area contributed by atoms with Gasteiger partial charge in [-0.3, -0.25) is 4.79 Å². The summed E-state index contributed by atoms with van der Waals surface area (Å²) in [5.74, 6) is 0.452. The van der Waals surface area contributed by atoms with Crippen molar-refractivity contribution in [1.82, 2.24) is 20.3 Å². The van der Waals surface area contributed by atoms with Crippen molar-refractivity contribution in [1.29, 1.82) is 0 Å². The van der Waals surface area contributed by atoms with E-state index < -0.39 is 0 Å². The summed E-state index contributed by atoms with van der Waals surface area (Å²) >= 11 is 0. The van der Waals surface area contributed by atoms with Crippen LogP contribution in [0.3, 0.4) is 0 Å². The molecule has 0 radical (unpaired) electrons. The molecule has 0 saturated carbocycles. The standard InChI is InChI=1S/C10H19N5O/c1-3-8(2)5-12-10(16)7-15-6-9(4-11)13-14-15/h6,8H,3-5,7,11H2,1-2H3,(H,12,16). The number of hydrogen-bond acceptors (Lipinski definition) is 4. The molecule has 6 nitrogen and oxygen atoms in total. The van der Waals surface area contributed by atoms with Crippen LogP contribution >= 0.6 is 0 Å². The maximum atomic E-state index is 11.5. The van der Waals surface area contributed by atoms with E-state index in [0.29, 0.717) is 24.7 Å². The third-order valence-electron chi connectivity index (χ3n) is 2.45. The molecule has 0 aliphatic rings. The molecule has 0 aliphatic heterocycles. The van der Waals surface area contributed by atoms with E-state index in [4.69, 9.17) is 5.73 Å². The van der Waals surface area contributed by atoms with Gasteiger partial charge >= 0.3 is 0 Å². The minimum Gasteiger partial charge on any atom is -0.354 e. The molecule has 0 aliphatic carbocycles. The fourth-order valence-corrected chi connectivity index (χ4v) is 1.14. The van der Waals surface area contributed by atoms with Crippen molar-refractivity contribution in [2.75, 3.05) is 6.54 Å². The van der Waals surface area contributed by atoms with Crippen molar-refractivity contribution in [3.63, 3.8) is 0 Å². The van der Waals surface area contributed by atoms with Crippen molar-refractivity contribution in [2.24, 2.45) is 11.7 Å². The largest absolute Gasteiger partial charge is 0.354 e. The van der Waals surface area contributed by atoms with Crippen molar-refractivity contribution in [2.45, 2.75) is 33.4 Å². The average molecular weight is 225 g/mol. The van der Waals surface area contributed by atoms with Crippen molar-refractivity contribution in [3.05, 3.63) is 11.9 Å². The van der Waals surface area contributed by atoms with Crippen molar-refractivity contribution in [3.8, 4) is 0 Å². The molecule has 1 unspecified atom stereocenters. The number of rotatable bonds is 6. The van der Waals surface area contributed by atoms with Crippen molar-refractivity contribution >= 4 is 5.91 Å². The molecule has 0 saturated heterocycles. The summed E-state index contributed by atoms with van der Waals surface area (Å²) in [5, 5.41) is 10.5. The predicted molar refractivity (Wildman–Crippen MR) is 60.4 cm³/mol. The Balaban J connectivity index is 2.33. The number of nitrogens with one attached hydrogen (secondary N) is 1. The molecule has 3 N–H and O–H groups in total. The molecular formula is C10H19N5O. The number of amides is 1. The number of hydrogen-bond donors (Lipinski definition) is 2. The Bertz CT molecular complexity index is 336. The lowest BCUT2D eigenvalue weighted by molar-refractivity contribution is -0.122. The average Bonchev–Trinajstić information content (AvgIpc) is 2.73. The second kappa shape index (κ2) is 6.22. The Kier molecular flexibility index (Phi) is 4.91. The lowest BCUT2D eigenvalue weighted by Gasteiger charge is -2.09. The van der Waals surface area contributed by atoms with Crippen LogP contribution in [-0.2, 0) is 17.9 Å². The number of nitrogens with two attached hydrogens (primary N) is 1. The van der Waals surface area contributed by atoms with Gasteiger partial charge in [0, 0.05) is 13.1 Å². The van der Waals surface area contributed by atoms with Gasteiger partial charge in [0.15, 0.2) is 0 Å². The van der Waals surface area contributed by atoms with Crippen LogP contribution < -0.4 is 11.1 Å². The highest BCUT2D eigenvalue weighted by Crippen LogP contribution is 1.97. The van der Waals surface area contributed by atoms with Gasteiger partial charge in [-0.25, -0.2) is 4.68 Å². The molecule has 0 aromatic carbocycles. The highest BCUT2D eigenvalue weighted by atomic mass is 16.2. The fraction of sp³-hybridized carbons (Fsp3) is 0.700. The molecule has 1 heterocycles. The summed E-state index contributed by atoms with van der Waals surface area (Å²) in [6.07, 6.45) is 2.74. The Morgan fingerprint density at radius 3 is 3.00 bits per heavy atom. The van der Waals surface area contributed by atoms with Crippen LogP contribution in [0.15, 0.2) is 6.20 Å². The van der Waals surface area contributed by atoms with Crippen molar-refractivity contribution < 1.29 is 4.79 Å². The molecule has 90 valence electrons. The minimum atomic E-state index is -0.0474. The zero-order valence-corrected chi connectivity index (χ0v) is 9.81. The summed E-state index contributed by atoms with van der Waals surface area (Å²) in [7, 11) is 0. The number of aromatic nitrogens is 3. The van der Waals surface area contributed by atoms with E-state index in [1.807, 2.05) is 0 Å². The van der Waals surface area contributed by atoms with Gasteiger partial charge in [-0.1, -0.05) is 25.5 Å². The Labute approximate surface area is 95.2 Å². The van der Waals surface area contributed by atoms with Crippen LogP contribution in [0.1, 0.15) is 26.0 Å². The van der Waals surface area contributed by atoms with Crippen LogP contribution in [0.25, 0.3) is 0 Å². The van der Waals surface area contributed by atoms with Gasteiger partial charge < -0.3 is 11.1 Å². The van der Waals surface area contributed by atoms with E-state index in [2.05, 4.69) is 29.5 Å². The molecular weight excluding hydrogens is 206 g/mol. The number of nitrogens with zero attached hydrogens (tertiary/aromatic N) is 3. The molecule has 1 amide bonds. The van der Waals surface area contributed by atoms with E-state index in [1.54, 1.807) is 6.20 Å². The maximum absolute atomic E-state index is 11.5. The zero-order chi connectivity index (χ0) is 12.0. The Morgan fingerprint density at radius 2 is 2.44 bits per heavy atom. The number of carbonyl (C=O) groups is 1. The van der Waals surface area contributed by atoms with Gasteiger partial charge in [-0.15, -0.1) is 5.10 Å². The SMILES string of the molecule is CCC(C)CNC(=O)Cn1cc(CN)nn1. The quantitative estimate of drug-likeness (QED) is 0.708. The summed E-state index contributed by atoms with van der Waals surface area (Å²) in [6.45, 7) is 5.44. The summed E-state index contributed by atoms with van der Waals surface area (Å²) in [5.41, 5.74) is 6.08. The van der Waals surface area contributed by atoms with Gasteiger partial charge in [0.25, 0.3) is 0 Å². The molecule has 1 rings (SSSR count). The van der Waals surface area contributed by atoms with Crippen LogP contribution in [0.5, 0.6) is 0 Å². The first-order valence-electron chi connectivity index (χ1n) is 5.51. The van der Waals surface area contributed by atoms with E-state index in [-0.39, 0.29) is 12.5 Å². The molecule has 1 aromatic rings.